The van der Waals surface area contributed by atoms with Gasteiger partial charge in [-0.05, 0) is 48.4 Å². The molecule has 0 saturated carbocycles. The number of aliphatic hydroxyl groups is 1. The zero-order valence-corrected chi connectivity index (χ0v) is 20.3. The number of fused-ring (bicyclic) bond motifs is 1. The summed E-state index contributed by atoms with van der Waals surface area (Å²) in [5, 5.41) is 12.9. The molecule has 4 rings (SSSR count). The molecule has 178 valence electrons. The summed E-state index contributed by atoms with van der Waals surface area (Å²) < 4.78 is 32.9. The zero-order chi connectivity index (χ0) is 24.3. The lowest BCUT2D eigenvalue weighted by Crippen LogP contribution is -2.11. The first-order valence-corrected chi connectivity index (χ1v) is 12.8. The molecular weight excluding hydrogens is 476 g/mol. The van der Waals surface area contributed by atoms with Crippen LogP contribution >= 0.6 is 11.6 Å². The van der Waals surface area contributed by atoms with Crippen molar-refractivity contribution in [1.82, 2.24) is 14.5 Å². The molecule has 0 fully saturated rings. The molecule has 0 saturated heterocycles. The largest absolute Gasteiger partial charge is 0.456 e. The monoisotopic (exact) mass is 500 g/mol. The molecule has 0 aliphatic carbocycles. The maximum absolute atomic E-state index is 12.6. The highest BCUT2D eigenvalue weighted by Gasteiger charge is 2.17. The lowest BCUT2D eigenvalue weighted by atomic mass is 10.3. The second kappa shape index (κ2) is 10.0. The van der Waals surface area contributed by atoms with E-state index in [-0.39, 0.29) is 23.2 Å². The van der Waals surface area contributed by atoms with Crippen molar-refractivity contribution in [1.29, 1.82) is 0 Å². The van der Waals surface area contributed by atoms with Crippen LogP contribution < -0.4 is 10.1 Å². The summed E-state index contributed by atoms with van der Waals surface area (Å²) in [6.45, 7) is 4.15. The van der Waals surface area contributed by atoms with Gasteiger partial charge >= 0.3 is 0 Å². The number of ether oxygens (including phenoxy) is 1. The summed E-state index contributed by atoms with van der Waals surface area (Å²) in [6, 6.07) is 13.4. The minimum absolute atomic E-state index is 0.00402. The van der Waals surface area contributed by atoms with Crippen LogP contribution in [0.5, 0.6) is 11.5 Å². The normalized spacial score (nSPS) is 11.8. The number of hydrogen-bond donors (Lipinski definition) is 2. The van der Waals surface area contributed by atoms with E-state index in [0.29, 0.717) is 34.6 Å². The summed E-state index contributed by atoms with van der Waals surface area (Å²) >= 11 is 6.47. The van der Waals surface area contributed by atoms with Crippen LogP contribution in [0.2, 0.25) is 5.02 Å². The van der Waals surface area contributed by atoms with Crippen LogP contribution in [0.1, 0.15) is 13.8 Å². The average Bonchev–Trinajstić information content (AvgIpc) is 3.19. The Kier molecular flexibility index (Phi) is 7.06. The van der Waals surface area contributed by atoms with E-state index in [1.165, 1.54) is 12.4 Å². The average molecular weight is 501 g/mol. The summed E-state index contributed by atoms with van der Waals surface area (Å²) in [7, 11) is -3.40. The van der Waals surface area contributed by atoms with Gasteiger partial charge in [0.15, 0.2) is 15.7 Å². The zero-order valence-electron chi connectivity index (χ0n) is 18.8. The molecule has 2 heterocycles. The van der Waals surface area contributed by atoms with Crippen LogP contribution in [0.3, 0.4) is 0 Å². The molecule has 0 spiro atoms. The van der Waals surface area contributed by atoms with Crippen LogP contribution in [0.15, 0.2) is 66.0 Å². The number of hydrogen-bond acceptors (Lipinski definition) is 7. The van der Waals surface area contributed by atoms with Crippen molar-refractivity contribution >= 4 is 44.0 Å². The summed E-state index contributed by atoms with van der Waals surface area (Å²) in [5.74, 6) is 1.44. The summed E-state index contributed by atoms with van der Waals surface area (Å²) in [4.78, 5) is 8.81. The maximum atomic E-state index is 12.6. The highest BCUT2D eigenvalue weighted by atomic mass is 35.5. The number of benzene rings is 2. The molecule has 4 aromatic rings. The van der Waals surface area contributed by atoms with Gasteiger partial charge in [0.25, 0.3) is 0 Å². The van der Waals surface area contributed by atoms with Gasteiger partial charge in [-0.15, -0.1) is 0 Å². The molecule has 0 amide bonds. The van der Waals surface area contributed by atoms with Crippen LogP contribution in [0.4, 0.5) is 11.5 Å². The molecule has 0 unspecified atom stereocenters. The van der Waals surface area contributed by atoms with E-state index in [2.05, 4.69) is 15.3 Å². The topological polar surface area (TPSA) is 106 Å². The Balaban J connectivity index is 1.56. The molecular formula is C24H25ClN4O4S. The van der Waals surface area contributed by atoms with Gasteiger partial charge in [-0.1, -0.05) is 31.5 Å². The molecule has 0 radical (unpaired) electrons. The number of aliphatic hydroxyl groups excluding tert-OH is 1. The van der Waals surface area contributed by atoms with Gasteiger partial charge < -0.3 is 19.7 Å². The third-order valence-electron chi connectivity index (χ3n) is 5.03. The van der Waals surface area contributed by atoms with Gasteiger partial charge in [0, 0.05) is 18.4 Å². The fourth-order valence-electron chi connectivity index (χ4n) is 3.61. The van der Waals surface area contributed by atoms with Crippen LogP contribution in [0, 0.1) is 5.92 Å². The lowest BCUT2D eigenvalue weighted by molar-refractivity contribution is 0.278. The van der Waals surface area contributed by atoms with Gasteiger partial charge in [0.1, 0.15) is 23.3 Å². The molecule has 34 heavy (non-hydrogen) atoms. The number of sulfone groups is 1. The van der Waals surface area contributed by atoms with Crippen LogP contribution in [0.25, 0.3) is 11.0 Å². The molecule has 0 aliphatic rings. The van der Waals surface area contributed by atoms with E-state index < -0.39 is 9.84 Å². The molecule has 0 atom stereocenters. The van der Waals surface area contributed by atoms with Crippen molar-refractivity contribution < 1.29 is 18.3 Å². The second-order valence-electron chi connectivity index (χ2n) is 8.21. The van der Waals surface area contributed by atoms with Gasteiger partial charge in [-0.3, -0.25) is 0 Å². The van der Waals surface area contributed by atoms with Gasteiger partial charge in [-0.25, -0.2) is 18.4 Å². The standard InChI is InChI=1S/C24H25ClN4O4S/c1-16(2)14-34(31,32)19-5-3-4-18(13-19)33-22-7-6-17(12-20(22)25)28-24-23-21(26-15-27-24)8-9-29(23)10-11-30/h3-9,12-13,15-16,30H,10-11,14H2,1-2H3,(H,26,27,28). The number of anilines is 2. The van der Waals surface area contributed by atoms with E-state index in [0.717, 1.165) is 11.0 Å². The number of nitrogens with one attached hydrogen (secondary N) is 1. The quantitative estimate of drug-likeness (QED) is 0.331. The van der Waals surface area contributed by atoms with Gasteiger partial charge in [0.05, 0.1) is 27.8 Å². The van der Waals surface area contributed by atoms with Crippen molar-refractivity contribution in [3.8, 4) is 11.5 Å². The molecule has 2 aromatic heterocycles. The van der Waals surface area contributed by atoms with Crippen molar-refractivity contribution in [3.05, 3.63) is 66.1 Å². The number of nitrogens with zero attached hydrogens (tertiary/aromatic N) is 3. The van der Waals surface area contributed by atoms with Gasteiger partial charge in [0.2, 0.25) is 0 Å². The smallest absolute Gasteiger partial charge is 0.178 e. The fraction of sp³-hybridized carbons (Fsp3) is 0.250. The Bertz CT molecular complexity index is 1420. The first kappa shape index (κ1) is 24.0. The molecule has 2 aromatic carbocycles. The highest BCUT2D eigenvalue weighted by molar-refractivity contribution is 7.91. The SMILES string of the molecule is CC(C)CS(=O)(=O)c1cccc(Oc2ccc(Nc3ncnc4ccn(CCO)c34)cc2Cl)c1. The summed E-state index contributed by atoms with van der Waals surface area (Å²) in [6.07, 6.45) is 3.31. The van der Waals surface area contributed by atoms with Crippen molar-refractivity contribution in [2.24, 2.45) is 5.92 Å². The lowest BCUT2D eigenvalue weighted by Gasteiger charge is -2.13. The summed E-state index contributed by atoms with van der Waals surface area (Å²) in [5.41, 5.74) is 2.21. The number of halogens is 1. The minimum Gasteiger partial charge on any atom is -0.456 e. The molecule has 8 nitrogen and oxygen atoms in total. The second-order valence-corrected chi connectivity index (χ2v) is 10.7. The molecule has 0 bridgehead atoms. The Labute approximate surface area is 203 Å². The van der Waals surface area contributed by atoms with Crippen molar-refractivity contribution in [2.45, 2.75) is 25.3 Å². The van der Waals surface area contributed by atoms with Gasteiger partial charge in [-0.2, -0.15) is 0 Å². The minimum atomic E-state index is -3.40. The van der Waals surface area contributed by atoms with E-state index in [9.17, 15) is 13.5 Å². The third kappa shape index (κ3) is 5.32. The first-order valence-electron chi connectivity index (χ1n) is 10.7. The van der Waals surface area contributed by atoms with Crippen molar-refractivity contribution in [3.63, 3.8) is 0 Å². The van der Waals surface area contributed by atoms with E-state index in [4.69, 9.17) is 16.3 Å². The Morgan fingerprint density at radius 1 is 1.15 bits per heavy atom. The highest BCUT2D eigenvalue weighted by Crippen LogP contribution is 2.34. The van der Waals surface area contributed by atoms with E-state index >= 15 is 0 Å². The predicted molar refractivity (Wildman–Crippen MR) is 133 cm³/mol. The van der Waals surface area contributed by atoms with E-state index in [1.807, 2.05) is 30.7 Å². The van der Waals surface area contributed by atoms with Crippen molar-refractivity contribution in [2.75, 3.05) is 17.7 Å². The molecule has 2 N–H and O–H groups in total. The maximum Gasteiger partial charge on any atom is 0.178 e. The third-order valence-corrected chi connectivity index (χ3v) is 7.40. The Hall–Kier alpha value is -3.14. The Morgan fingerprint density at radius 3 is 2.71 bits per heavy atom. The molecule has 10 heteroatoms. The number of rotatable bonds is 9. The molecule has 0 aliphatic heterocycles. The predicted octanol–water partition coefficient (Wildman–Crippen LogP) is 5.04. The van der Waals surface area contributed by atoms with E-state index in [1.54, 1.807) is 36.4 Å². The first-order chi connectivity index (χ1) is 16.3. The van der Waals surface area contributed by atoms with Crippen LogP contribution in [-0.4, -0.2) is 40.4 Å². The van der Waals surface area contributed by atoms with Crippen LogP contribution in [-0.2, 0) is 16.4 Å². The fourth-order valence-corrected chi connectivity index (χ4v) is 5.48. The number of aromatic nitrogens is 3. The Morgan fingerprint density at radius 2 is 1.97 bits per heavy atom.